The number of rotatable bonds is 7. The molecule has 0 rings (SSSR count). The molecule has 0 aromatic carbocycles. The van der Waals surface area contributed by atoms with E-state index in [0.717, 1.165) is 7.11 Å². The Kier molecular flexibility index (Phi) is 6.46. The van der Waals surface area contributed by atoms with E-state index in [1.54, 1.807) is 0 Å². The minimum absolute atomic E-state index is 0.283. The number of aliphatic carboxylic acids is 1. The van der Waals surface area contributed by atoms with Crippen LogP contribution in [0.3, 0.4) is 0 Å². The number of hydrogen-bond acceptors (Lipinski definition) is 6. The number of carbonyl (C=O) groups excluding carboxylic acids is 1. The largest absolute Gasteiger partial charge is 0.481 e. The number of carboxylic acids is 1. The Hall–Kier alpha value is -1.39. The van der Waals surface area contributed by atoms with E-state index in [9.17, 15) is 18.0 Å². The van der Waals surface area contributed by atoms with Crippen molar-refractivity contribution in [1.29, 1.82) is 0 Å². The average Bonchev–Trinajstić information content (AvgIpc) is 2.23. The quantitative estimate of drug-likeness (QED) is 0.522. The number of ether oxygens (including phenoxy) is 2. The lowest BCUT2D eigenvalue weighted by atomic mass is 10.2. The van der Waals surface area contributed by atoms with Crippen LogP contribution in [0.25, 0.3) is 0 Å². The third-order valence-corrected chi connectivity index (χ3v) is 2.62. The molecule has 100 valence electrons. The van der Waals surface area contributed by atoms with Crippen LogP contribution in [0.2, 0.25) is 0 Å². The number of methoxy groups -OCH3 is 2. The number of nitrogens with one attached hydrogen (secondary N) is 2. The lowest BCUT2D eigenvalue weighted by Gasteiger charge is -2.14. The lowest BCUT2D eigenvalue weighted by molar-refractivity contribution is -0.139. The van der Waals surface area contributed by atoms with Gasteiger partial charge in [0.1, 0.15) is 0 Å². The van der Waals surface area contributed by atoms with Gasteiger partial charge in [0.2, 0.25) is 0 Å². The summed E-state index contributed by atoms with van der Waals surface area (Å²) in [6.07, 6.45) is -2.34. The lowest BCUT2D eigenvalue weighted by Crippen LogP contribution is -2.43. The molecular formula is C7H14N2O7S. The minimum atomic E-state index is -4.08. The van der Waals surface area contributed by atoms with Gasteiger partial charge in [0, 0.05) is 13.7 Å². The Morgan fingerprint density at radius 3 is 2.35 bits per heavy atom. The molecular weight excluding hydrogens is 256 g/mol. The van der Waals surface area contributed by atoms with Crippen LogP contribution < -0.4 is 9.44 Å². The van der Waals surface area contributed by atoms with E-state index < -0.39 is 28.4 Å². The summed E-state index contributed by atoms with van der Waals surface area (Å²) in [7, 11) is -1.83. The molecule has 0 aliphatic carbocycles. The molecule has 0 saturated heterocycles. The molecule has 0 aliphatic rings. The van der Waals surface area contributed by atoms with Gasteiger partial charge in [0.15, 0.2) is 0 Å². The predicted molar refractivity (Wildman–Crippen MR) is 55.5 cm³/mol. The molecule has 1 atom stereocenters. The normalized spacial score (nSPS) is 12.8. The Morgan fingerprint density at radius 2 is 1.94 bits per heavy atom. The highest BCUT2D eigenvalue weighted by atomic mass is 32.2. The molecule has 3 N–H and O–H groups in total. The van der Waals surface area contributed by atoms with E-state index in [0.29, 0.717) is 0 Å². The van der Waals surface area contributed by atoms with E-state index in [4.69, 9.17) is 9.84 Å². The first-order chi connectivity index (χ1) is 7.80. The fourth-order valence-corrected chi connectivity index (χ4v) is 1.60. The highest BCUT2D eigenvalue weighted by Gasteiger charge is 2.18. The summed E-state index contributed by atoms with van der Waals surface area (Å²) >= 11 is 0. The van der Waals surface area contributed by atoms with Gasteiger partial charge in [-0.3, -0.25) is 4.79 Å². The maximum Gasteiger partial charge on any atom is 0.421 e. The van der Waals surface area contributed by atoms with Gasteiger partial charge in [-0.2, -0.15) is 13.1 Å². The van der Waals surface area contributed by atoms with Crippen LogP contribution in [0.5, 0.6) is 0 Å². The van der Waals surface area contributed by atoms with Crippen molar-refractivity contribution in [3.05, 3.63) is 0 Å². The van der Waals surface area contributed by atoms with Crippen molar-refractivity contribution in [1.82, 2.24) is 9.44 Å². The summed E-state index contributed by atoms with van der Waals surface area (Å²) in [4.78, 5) is 21.0. The summed E-state index contributed by atoms with van der Waals surface area (Å²) in [6, 6.07) is 0. The fraction of sp³-hybridized carbons (Fsp3) is 0.714. The summed E-state index contributed by atoms with van der Waals surface area (Å²) < 4.78 is 34.7. The second-order valence-electron chi connectivity index (χ2n) is 2.90. The second kappa shape index (κ2) is 7.04. The molecule has 0 saturated carbocycles. The van der Waals surface area contributed by atoms with E-state index in [1.807, 2.05) is 4.72 Å². The van der Waals surface area contributed by atoms with Crippen LogP contribution in [-0.4, -0.2) is 52.5 Å². The zero-order chi connectivity index (χ0) is 13.5. The monoisotopic (exact) mass is 270 g/mol. The molecule has 1 amide bonds. The zero-order valence-electron chi connectivity index (χ0n) is 9.30. The van der Waals surface area contributed by atoms with Crippen molar-refractivity contribution < 1.29 is 32.6 Å². The van der Waals surface area contributed by atoms with Crippen LogP contribution >= 0.6 is 0 Å². The van der Waals surface area contributed by atoms with Crippen LogP contribution in [0.4, 0.5) is 4.79 Å². The van der Waals surface area contributed by atoms with Gasteiger partial charge in [0.05, 0.1) is 19.6 Å². The molecule has 0 radical (unpaired) electrons. The summed E-state index contributed by atoms with van der Waals surface area (Å²) in [5, 5.41) is 8.48. The van der Waals surface area contributed by atoms with E-state index >= 15 is 0 Å². The van der Waals surface area contributed by atoms with Gasteiger partial charge < -0.3 is 14.6 Å². The molecule has 9 nitrogen and oxygen atoms in total. The molecule has 0 heterocycles. The molecule has 10 heteroatoms. The molecule has 0 fully saturated rings. The van der Waals surface area contributed by atoms with Gasteiger partial charge in [-0.15, -0.1) is 0 Å². The molecule has 0 aromatic heterocycles. The molecule has 17 heavy (non-hydrogen) atoms. The van der Waals surface area contributed by atoms with Gasteiger partial charge >= 0.3 is 22.3 Å². The summed E-state index contributed by atoms with van der Waals surface area (Å²) in [5.74, 6) is -1.13. The molecule has 0 aliphatic heterocycles. The Balaban J connectivity index is 4.24. The zero-order valence-corrected chi connectivity index (χ0v) is 10.1. The number of carbonyl (C=O) groups is 2. The van der Waals surface area contributed by atoms with Crippen molar-refractivity contribution in [3.8, 4) is 0 Å². The summed E-state index contributed by atoms with van der Waals surface area (Å²) in [6.45, 7) is -0.283. The van der Waals surface area contributed by atoms with Gasteiger partial charge in [0.25, 0.3) is 0 Å². The topological polar surface area (TPSA) is 131 Å². The Bertz CT molecular complexity index is 366. The first-order valence-corrected chi connectivity index (χ1v) is 5.89. The first kappa shape index (κ1) is 15.6. The van der Waals surface area contributed by atoms with Crippen molar-refractivity contribution in [2.24, 2.45) is 0 Å². The van der Waals surface area contributed by atoms with Crippen molar-refractivity contribution in [2.75, 3.05) is 20.8 Å². The standard InChI is InChI=1S/C7H14N2O7S/c1-15-5(3-6(10)11)4-8-17(13,14)9-7(12)16-2/h5,8H,3-4H2,1-2H3,(H,9,12)(H,10,11). The minimum Gasteiger partial charge on any atom is -0.481 e. The van der Waals surface area contributed by atoms with Crippen LogP contribution in [-0.2, 0) is 24.5 Å². The molecule has 0 bridgehead atoms. The highest BCUT2D eigenvalue weighted by molar-refractivity contribution is 7.88. The molecule has 0 spiro atoms. The number of amides is 1. The second-order valence-corrected chi connectivity index (χ2v) is 4.40. The van der Waals surface area contributed by atoms with Gasteiger partial charge in [-0.05, 0) is 0 Å². The first-order valence-electron chi connectivity index (χ1n) is 4.40. The summed E-state index contributed by atoms with van der Waals surface area (Å²) in [5.41, 5.74) is 0. The Labute approximate surface area is 98.3 Å². The SMILES string of the molecule is COC(=O)NS(=O)(=O)NCC(CC(=O)O)OC. The van der Waals surface area contributed by atoms with Crippen molar-refractivity contribution in [3.63, 3.8) is 0 Å². The highest BCUT2D eigenvalue weighted by Crippen LogP contribution is 1.96. The Morgan fingerprint density at radius 1 is 1.35 bits per heavy atom. The van der Waals surface area contributed by atoms with Crippen LogP contribution in [0, 0.1) is 0 Å². The van der Waals surface area contributed by atoms with E-state index in [1.165, 1.54) is 11.8 Å². The van der Waals surface area contributed by atoms with Gasteiger partial charge in [-0.1, -0.05) is 0 Å². The van der Waals surface area contributed by atoms with Crippen LogP contribution in [0.15, 0.2) is 0 Å². The smallest absolute Gasteiger partial charge is 0.421 e. The van der Waals surface area contributed by atoms with E-state index in [2.05, 4.69) is 4.74 Å². The third kappa shape index (κ3) is 7.49. The van der Waals surface area contributed by atoms with Gasteiger partial charge in [-0.25, -0.2) is 9.52 Å². The molecule has 0 aromatic rings. The van der Waals surface area contributed by atoms with Crippen LogP contribution in [0.1, 0.15) is 6.42 Å². The number of hydrogen-bond donors (Lipinski definition) is 3. The fourth-order valence-electron chi connectivity index (χ4n) is 0.824. The molecule has 1 unspecified atom stereocenters. The maximum absolute atomic E-state index is 11.2. The van der Waals surface area contributed by atoms with Crippen molar-refractivity contribution in [2.45, 2.75) is 12.5 Å². The number of carboxylic acid groups (broad SMARTS) is 1. The third-order valence-electron chi connectivity index (χ3n) is 1.64. The van der Waals surface area contributed by atoms with Crippen molar-refractivity contribution >= 4 is 22.3 Å². The maximum atomic E-state index is 11.2. The average molecular weight is 270 g/mol. The van der Waals surface area contributed by atoms with E-state index in [-0.39, 0.29) is 13.0 Å². The predicted octanol–water partition coefficient (Wildman–Crippen LogP) is -1.33.